The molecule has 3 rings (SSSR count). The molecule has 1 saturated heterocycles. The van der Waals surface area contributed by atoms with Crippen molar-refractivity contribution in [3.8, 4) is 0 Å². The minimum Gasteiger partial charge on any atom is -0.355 e. The van der Waals surface area contributed by atoms with Crippen molar-refractivity contribution in [3.05, 3.63) is 16.1 Å². The molecule has 0 radical (unpaired) electrons. The Morgan fingerprint density at radius 3 is 2.80 bits per heavy atom. The fourth-order valence-corrected chi connectivity index (χ4v) is 4.15. The standard InChI is InChI=1S/C18H27N3O2S.CH4/c1-12(2)18(23)21-9-3-4-14(10-21)17-20-15(11-24-17)7-8-19-16(22)13-5-6-13;/h11-14H,3-10H2,1-2H3,(H,19,22);1H4. The Kier molecular flexibility index (Phi) is 6.99. The lowest BCUT2D eigenvalue weighted by atomic mass is 9.97. The number of nitrogens with one attached hydrogen (secondary N) is 1. The summed E-state index contributed by atoms with van der Waals surface area (Å²) in [6.07, 6.45) is 5.03. The summed E-state index contributed by atoms with van der Waals surface area (Å²) in [5.41, 5.74) is 1.05. The minimum absolute atomic E-state index is 0. The Balaban J connectivity index is 0.00000225. The largest absolute Gasteiger partial charge is 0.355 e. The first-order chi connectivity index (χ1) is 11.5. The van der Waals surface area contributed by atoms with Gasteiger partial charge in [0.2, 0.25) is 11.8 Å². The van der Waals surface area contributed by atoms with E-state index in [9.17, 15) is 9.59 Å². The molecular formula is C19H31N3O2S. The van der Waals surface area contributed by atoms with Crippen molar-refractivity contribution >= 4 is 23.2 Å². The highest BCUT2D eigenvalue weighted by atomic mass is 32.1. The average molecular weight is 366 g/mol. The van der Waals surface area contributed by atoms with E-state index < -0.39 is 0 Å². The highest BCUT2D eigenvalue weighted by molar-refractivity contribution is 7.09. The van der Waals surface area contributed by atoms with Crippen LogP contribution < -0.4 is 5.32 Å². The van der Waals surface area contributed by atoms with Crippen molar-refractivity contribution in [2.75, 3.05) is 19.6 Å². The number of thiazole rings is 1. The maximum absolute atomic E-state index is 12.2. The van der Waals surface area contributed by atoms with E-state index in [1.165, 1.54) is 0 Å². The van der Waals surface area contributed by atoms with Crippen molar-refractivity contribution in [2.45, 2.75) is 59.3 Å². The summed E-state index contributed by atoms with van der Waals surface area (Å²) in [4.78, 5) is 30.6. The summed E-state index contributed by atoms with van der Waals surface area (Å²) >= 11 is 1.69. The molecule has 6 heteroatoms. The molecule has 1 aromatic heterocycles. The smallest absolute Gasteiger partial charge is 0.225 e. The number of aromatic nitrogens is 1. The van der Waals surface area contributed by atoms with Crippen LogP contribution >= 0.6 is 11.3 Å². The number of carbonyl (C=O) groups excluding carboxylic acids is 2. The zero-order valence-electron chi connectivity index (χ0n) is 14.6. The van der Waals surface area contributed by atoms with E-state index in [2.05, 4.69) is 10.7 Å². The average Bonchev–Trinajstić information content (AvgIpc) is 3.33. The first kappa shape index (κ1) is 19.9. The van der Waals surface area contributed by atoms with Crippen LogP contribution in [0.15, 0.2) is 5.38 Å². The Morgan fingerprint density at radius 1 is 1.36 bits per heavy atom. The predicted octanol–water partition coefficient (Wildman–Crippen LogP) is 3.21. The van der Waals surface area contributed by atoms with Crippen molar-refractivity contribution in [2.24, 2.45) is 11.8 Å². The molecule has 0 bridgehead atoms. The molecule has 5 nitrogen and oxygen atoms in total. The van der Waals surface area contributed by atoms with Crippen molar-refractivity contribution in [1.29, 1.82) is 0 Å². The Morgan fingerprint density at radius 2 is 2.12 bits per heavy atom. The molecule has 2 amide bonds. The van der Waals surface area contributed by atoms with Crippen LogP contribution in [0, 0.1) is 11.8 Å². The number of nitrogens with zero attached hydrogens (tertiary/aromatic N) is 2. The normalized spacial score (nSPS) is 20.3. The summed E-state index contributed by atoms with van der Waals surface area (Å²) in [7, 11) is 0. The van der Waals surface area contributed by atoms with Crippen LogP contribution in [0.3, 0.4) is 0 Å². The van der Waals surface area contributed by atoms with E-state index >= 15 is 0 Å². The molecule has 0 spiro atoms. The van der Waals surface area contributed by atoms with E-state index in [0.717, 1.165) is 55.9 Å². The molecule has 1 aliphatic carbocycles. The maximum atomic E-state index is 12.2. The third-order valence-corrected chi connectivity index (χ3v) is 5.83. The fraction of sp³-hybridized carbons (Fsp3) is 0.737. The van der Waals surface area contributed by atoms with Gasteiger partial charge in [0.1, 0.15) is 0 Å². The number of carbonyl (C=O) groups is 2. The van der Waals surface area contributed by atoms with Gasteiger partial charge in [0.15, 0.2) is 0 Å². The zero-order valence-corrected chi connectivity index (χ0v) is 15.4. The lowest BCUT2D eigenvalue weighted by molar-refractivity contribution is -0.135. The third kappa shape index (κ3) is 5.27. The number of likely N-dealkylation sites (tertiary alicyclic amines) is 1. The summed E-state index contributed by atoms with van der Waals surface area (Å²) in [5, 5.41) is 6.23. The molecule has 1 aromatic rings. The van der Waals surface area contributed by atoms with Gasteiger partial charge in [0.25, 0.3) is 0 Å². The van der Waals surface area contributed by atoms with E-state index in [1.54, 1.807) is 11.3 Å². The number of hydrogen-bond donors (Lipinski definition) is 1. The fourth-order valence-electron chi connectivity index (χ4n) is 3.17. The van der Waals surface area contributed by atoms with Crippen molar-refractivity contribution < 1.29 is 9.59 Å². The van der Waals surface area contributed by atoms with E-state index in [4.69, 9.17) is 4.98 Å². The maximum Gasteiger partial charge on any atom is 0.225 e. The van der Waals surface area contributed by atoms with Gasteiger partial charge in [-0.25, -0.2) is 4.98 Å². The van der Waals surface area contributed by atoms with Gasteiger partial charge in [-0.1, -0.05) is 21.3 Å². The van der Waals surface area contributed by atoms with Gasteiger partial charge in [-0.05, 0) is 25.7 Å². The summed E-state index contributed by atoms with van der Waals surface area (Å²) in [6, 6.07) is 0. The van der Waals surface area contributed by atoms with Gasteiger partial charge >= 0.3 is 0 Å². The molecule has 140 valence electrons. The lowest BCUT2D eigenvalue weighted by Gasteiger charge is -2.33. The van der Waals surface area contributed by atoms with Gasteiger partial charge in [-0.15, -0.1) is 11.3 Å². The second-order valence-corrected chi connectivity index (χ2v) is 8.16. The molecule has 2 fully saturated rings. The predicted molar refractivity (Wildman–Crippen MR) is 102 cm³/mol. The first-order valence-corrected chi connectivity index (χ1v) is 9.93. The lowest BCUT2D eigenvalue weighted by Crippen LogP contribution is -2.41. The highest BCUT2D eigenvalue weighted by Gasteiger charge is 2.29. The molecule has 0 aromatic carbocycles. The van der Waals surface area contributed by atoms with Crippen LogP contribution in [0.25, 0.3) is 0 Å². The van der Waals surface area contributed by atoms with E-state index in [-0.39, 0.29) is 31.1 Å². The SMILES string of the molecule is C.CC(C)C(=O)N1CCCC(c2nc(CCNC(=O)C3CC3)cs2)C1. The molecule has 1 atom stereocenters. The van der Waals surface area contributed by atoms with Gasteiger partial charge in [-0.2, -0.15) is 0 Å². The number of amides is 2. The Bertz CT molecular complexity index is 595. The number of rotatable bonds is 6. The minimum atomic E-state index is 0. The highest BCUT2D eigenvalue weighted by Crippen LogP contribution is 2.30. The van der Waals surface area contributed by atoms with Crippen LogP contribution in [0.1, 0.15) is 63.6 Å². The molecule has 1 N–H and O–H groups in total. The van der Waals surface area contributed by atoms with Crippen LogP contribution in [0.5, 0.6) is 0 Å². The van der Waals surface area contributed by atoms with Gasteiger partial charge < -0.3 is 10.2 Å². The first-order valence-electron chi connectivity index (χ1n) is 9.05. The van der Waals surface area contributed by atoms with Crippen molar-refractivity contribution in [3.63, 3.8) is 0 Å². The molecule has 1 unspecified atom stereocenters. The second kappa shape index (κ2) is 8.79. The van der Waals surface area contributed by atoms with Crippen LogP contribution in [0.4, 0.5) is 0 Å². The molecular weight excluding hydrogens is 334 g/mol. The van der Waals surface area contributed by atoms with Gasteiger partial charge in [0.05, 0.1) is 10.7 Å². The monoisotopic (exact) mass is 365 g/mol. The zero-order chi connectivity index (χ0) is 17.1. The second-order valence-electron chi connectivity index (χ2n) is 7.27. The van der Waals surface area contributed by atoms with Crippen LogP contribution in [-0.2, 0) is 16.0 Å². The number of piperidine rings is 1. The summed E-state index contributed by atoms with van der Waals surface area (Å²) in [5.74, 6) is 1.13. The van der Waals surface area contributed by atoms with Crippen molar-refractivity contribution in [1.82, 2.24) is 15.2 Å². The van der Waals surface area contributed by atoms with Crippen LogP contribution in [0.2, 0.25) is 0 Å². The quantitative estimate of drug-likeness (QED) is 0.842. The van der Waals surface area contributed by atoms with E-state index in [0.29, 0.717) is 12.5 Å². The third-order valence-electron chi connectivity index (χ3n) is 4.77. The van der Waals surface area contributed by atoms with Gasteiger partial charge in [-0.3, -0.25) is 9.59 Å². The topological polar surface area (TPSA) is 62.3 Å². The van der Waals surface area contributed by atoms with Gasteiger partial charge in [0, 0.05) is 49.2 Å². The Hall–Kier alpha value is -1.43. The van der Waals surface area contributed by atoms with Crippen LogP contribution in [-0.4, -0.2) is 41.3 Å². The molecule has 1 saturated carbocycles. The molecule has 2 aliphatic rings. The van der Waals surface area contributed by atoms with E-state index in [1.807, 2.05) is 18.7 Å². The summed E-state index contributed by atoms with van der Waals surface area (Å²) in [6.45, 7) is 6.26. The summed E-state index contributed by atoms with van der Waals surface area (Å²) < 4.78 is 0. The Labute approximate surface area is 155 Å². The molecule has 25 heavy (non-hydrogen) atoms. The number of hydrogen-bond acceptors (Lipinski definition) is 4. The molecule has 1 aliphatic heterocycles. The molecule has 2 heterocycles.